The molecule has 1 atom stereocenters. The number of hydrogen-bond acceptors (Lipinski definition) is 2. The number of nitrogens with zero attached hydrogens (tertiary/aromatic N) is 2. The van der Waals surface area contributed by atoms with Crippen molar-refractivity contribution in [3.05, 3.63) is 51.3 Å². The predicted molar refractivity (Wildman–Crippen MR) is 82.3 cm³/mol. The van der Waals surface area contributed by atoms with Crippen molar-refractivity contribution < 1.29 is 0 Å². The van der Waals surface area contributed by atoms with Gasteiger partial charge in [0.05, 0.1) is 5.69 Å². The molecule has 1 aromatic heterocycles. The van der Waals surface area contributed by atoms with Crippen molar-refractivity contribution in [3.8, 4) is 0 Å². The highest BCUT2D eigenvalue weighted by molar-refractivity contribution is 9.10. The Balaban J connectivity index is 2.24. The average molecular weight is 322 g/mol. The van der Waals surface area contributed by atoms with Crippen LogP contribution in [-0.2, 0) is 13.5 Å². The maximum absolute atomic E-state index is 4.40. The molecule has 19 heavy (non-hydrogen) atoms. The van der Waals surface area contributed by atoms with Gasteiger partial charge in [-0.2, -0.15) is 5.10 Å². The van der Waals surface area contributed by atoms with E-state index in [-0.39, 0.29) is 0 Å². The first-order chi connectivity index (χ1) is 9.01. The van der Waals surface area contributed by atoms with Gasteiger partial charge in [0.15, 0.2) is 0 Å². The molecule has 0 saturated carbocycles. The number of aryl methyl sites for hydroxylation is 3. The Morgan fingerprint density at radius 3 is 2.58 bits per heavy atom. The van der Waals surface area contributed by atoms with E-state index in [1.807, 2.05) is 25.7 Å². The highest BCUT2D eigenvalue weighted by atomic mass is 79.9. The highest BCUT2D eigenvalue weighted by Crippen LogP contribution is 2.24. The fourth-order valence-corrected chi connectivity index (χ4v) is 2.67. The van der Waals surface area contributed by atoms with Crippen LogP contribution in [0.4, 0.5) is 0 Å². The lowest BCUT2D eigenvalue weighted by molar-refractivity contribution is 0.561. The molecular formula is C15H20BrN3. The summed E-state index contributed by atoms with van der Waals surface area (Å²) in [5.41, 5.74) is 4.86. The molecule has 102 valence electrons. The van der Waals surface area contributed by atoms with E-state index in [4.69, 9.17) is 0 Å². The van der Waals surface area contributed by atoms with Gasteiger partial charge in [0, 0.05) is 29.7 Å². The minimum Gasteiger partial charge on any atom is -0.313 e. The Kier molecular flexibility index (Phi) is 4.42. The zero-order valence-corrected chi connectivity index (χ0v) is 13.5. The molecule has 0 fully saturated rings. The molecule has 0 spiro atoms. The van der Waals surface area contributed by atoms with Crippen molar-refractivity contribution in [2.75, 3.05) is 7.05 Å². The van der Waals surface area contributed by atoms with Gasteiger partial charge in [-0.15, -0.1) is 0 Å². The fraction of sp³-hybridized carbons (Fsp3) is 0.400. The number of nitrogens with one attached hydrogen (secondary N) is 1. The lowest BCUT2D eigenvalue weighted by Gasteiger charge is -2.17. The summed E-state index contributed by atoms with van der Waals surface area (Å²) in [6.07, 6.45) is 0.934. The molecule has 1 unspecified atom stereocenters. The van der Waals surface area contributed by atoms with Gasteiger partial charge >= 0.3 is 0 Å². The third-order valence-corrected chi connectivity index (χ3v) is 4.31. The molecule has 0 bridgehead atoms. The first kappa shape index (κ1) is 14.3. The minimum atomic E-state index is 0.298. The Morgan fingerprint density at radius 2 is 2.05 bits per heavy atom. The molecule has 1 heterocycles. The fourth-order valence-electron chi connectivity index (χ4n) is 2.28. The van der Waals surface area contributed by atoms with E-state index in [1.165, 1.54) is 16.8 Å². The summed E-state index contributed by atoms with van der Waals surface area (Å²) in [4.78, 5) is 0. The van der Waals surface area contributed by atoms with Crippen molar-refractivity contribution in [2.45, 2.75) is 26.3 Å². The molecular weight excluding hydrogens is 302 g/mol. The summed E-state index contributed by atoms with van der Waals surface area (Å²) in [6, 6.07) is 8.97. The van der Waals surface area contributed by atoms with Crippen LogP contribution in [0.1, 0.15) is 28.6 Å². The largest absolute Gasteiger partial charge is 0.313 e. The third kappa shape index (κ3) is 3.25. The maximum atomic E-state index is 4.40. The molecule has 0 aliphatic heterocycles. The maximum Gasteiger partial charge on any atom is 0.0596 e. The van der Waals surface area contributed by atoms with Gasteiger partial charge in [0.1, 0.15) is 0 Å². The topological polar surface area (TPSA) is 29.9 Å². The zero-order valence-electron chi connectivity index (χ0n) is 11.9. The second-order valence-corrected chi connectivity index (χ2v) is 5.81. The molecule has 1 N–H and O–H groups in total. The number of likely N-dealkylation sites (N-methyl/N-ethyl adjacent to an activating group) is 1. The third-order valence-electron chi connectivity index (χ3n) is 3.46. The number of rotatable bonds is 4. The molecule has 0 radical (unpaired) electrons. The van der Waals surface area contributed by atoms with E-state index >= 15 is 0 Å². The standard InChI is InChI=1S/C15H20BrN3/c1-10-5-6-12(8-14(10)16)15(17-3)9-13-7-11(2)18-19(13)4/h5-8,15,17H,9H2,1-4H3. The van der Waals surface area contributed by atoms with E-state index < -0.39 is 0 Å². The van der Waals surface area contributed by atoms with Crippen LogP contribution in [0.5, 0.6) is 0 Å². The summed E-state index contributed by atoms with van der Waals surface area (Å²) in [7, 11) is 4.00. The summed E-state index contributed by atoms with van der Waals surface area (Å²) in [5, 5.41) is 7.79. The second kappa shape index (κ2) is 5.88. The Morgan fingerprint density at radius 1 is 1.32 bits per heavy atom. The number of halogens is 1. The number of benzene rings is 1. The van der Waals surface area contributed by atoms with Crippen LogP contribution in [-0.4, -0.2) is 16.8 Å². The van der Waals surface area contributed by atoms with Crippen LogP contribution in [0.2, 0.25) is 0 Å². The molecule has 2 aromatic rings. The van der Waals surface area contributed by atoms with Crippen LogP contribution in [0.3, 0.4) is 0 Å². The number of hydrogen-bond donors (Lipinski definition) is 1. The van der Waals surface area contributed by atoms with Gasteiger partial charge in [-0.05, 0) is 44.2 Å². The smallest absolute Gasteiger partial charge is 0.0596 e. The molecule has 4 heteroatoms. The van der Waals surface area contributed by atoms with E-state index in [0.717, 1.165) is 16.6 Å². The van der Waals surface area contributed by atoms with E-state index in [1.54, 1.807) is 0 Å². The Labute approximate surface area is 123 Å². The second-order valence-electron chi connectivity index (χ2n) is 4.95. The zero-order chi connectivity index (χ0) is 14.0. The van der Waals surface area contributed by atoms with Gasteiger partial charge in [-0.25, -0.2) is 0 Å². The molecule has 0 aliphatic rings. The minimum absolute atomic E-state index is 0.298. The van der Waals surface area contributed by atoms with Gasteiger partial charge in [-0.3, -0.25) is 4.68 Å². The van der Waals surface area contributed by atoms with Crippen molar-refractivity contribution in [1.29, 1.82) is 0 Å². The summed E-state index contributed by atoms with van der Waals surface area (Å²) in [5.74, 6) is 0. The van der Waals surface area contributed by atoms with Gasteiger partial charge < -0.3 is 5.32 Å². The molecule has 2 rings (SSSR count). The SMILES string of the molecule is CNC(Cc1cc(C)nn1C)c1ccc(C)c(Br)c1. The van der Waals surface area contributed by atoms with E-state index in [0.29, 0.717) is 6.04 Å². The summed E-state index contributed by atoms with van der Waals surface area (Å²) < 4.78 is 3.12. The lowest BCUT2D eigenvalue weighted by Crippen LogP contribution is -2.20. The lowest BCUT2D eigenvalue weighted by atomic mass is 10.0. The predicted octanol–water partition coefficient (Wildman–Crippen LogP) is 3.30. The van der Waals surface area contributed by atoms with Crippen LogP contribution in [0.25, 0.3) is 0 Å². The monoisotopic (exact) mass is 321 g/mol. The highest BCUT2D eigenvalue weighted by Gasteiger charge is 2.13. The molecule has 1 aromatic carbocycles. The number of aromatic nitrogens is 2. The Bertz CT molecular complexity index is 575. The molecule has 0 amide bonds. The quantitative estimate of drug-likeness (QED) is 0.936. The van der Waals surface area contributed by atoms with Crippen molar-refractivity contribution in [3.63, 3.8) is 0 Å². The van der Waals surface area contributed by atoms with Crippen LogP contribution < -0.4 is 5.32 Å². The van der Waals surface area contributed by atoms with Crippen LogP contribution in [0, 0.1) is 13.8 Å². The van der Waals surface area contributed by atoms with E-state index in [2.05, 4.69) is 57.5 Å². The van der Waals surface area contributed by atoms with Crippen molar-refractivity contribution >= 4 is 15.9 Å². The van der Waals surface area contributed by atoms with E-state index in [9.17, 15) is 0 Å². The van der Waals surface area contributed by atoms with Gasteiger partial charge in [0.2, 0.25) is 0 Å². The van der Waals surface area contributed by atoms with Gasteiger partial charge in [-0.1, -0.05) is 28.1 Å². The van der Waals surface area contributed by atoms with Gasteiger partial charge in [0.25, 0.3) is 0 Å². The summed E-state index contributed by atoms with van der Waals surface area (Å²) in [6.45, 7) is 4.13. The van der Waals surface area contributed by atoms with Crippen molar-refractivity contribution in [2.24, 2.45) is 7.05 Å². The summed E-state index contributed by atoms with van der Waals surface area (Å²) >= 11 is 3.60. The first-order valence-electron chi connectivity index (χ1n) is 6.44. The Hall–Kier alpha value is -1.13. The first-order valence-corrected chi connectivity index (χ1v) is 7.23. The molecule has 0 saturated heterocycles. The normalized spacial score (nSPS) is 12.7. The van der Waals surface area contributed by atoms with Crippen LogP contribution in [0.15, 0.2) is 28.7 Å². The van der Waals surface area contributed by atoms with Crippen molar-refractivity contribution in [1.82, 2.24) is 15.1 Å². The average Bonchev–Trinajstić information content (AvgIpc) is 2.68. The molecule has 0 aliphatic carbocycles. The van der Waals surface area contributed by atoms with Crippen LogP contribution >= 0.6 is 15.9 Å². The molecule has 3 nitrogen and oxygen atoms in total.